The summed E-state index contributed by atoms with van der Waals surface area (Å²) in [5.74, 6) is 0.828. The van der Waals surface area contributed by atoms with Crippen molar-refractivity contribution >= 4 is 17.7 Å². The summed E-state index contributed by atoms with van der Waals surface area (Å²) in [7, 11) is 0. The van der Waals surface area contributed by atoms with Gasteiger partial charge in [-0.2, -0.15) is 0 Å². The molecule has 1 aromatic carbocycles. The molecule has 174 valence electrons. The first-order valence-electron chi connectivity index (χ1n) is 11.8. The number of urea groups is 1. The van der Waals surface area contributed by atoms with Crippen molar-refractivity contribution in [3.8, 4) is 0 Å². The number of hydrogen-bond acceptors (Lipinski definition) is 3. The molecule has 2 amide bonds. The molecule has 0 unspecified atom stereocenters. The Labute approximate surface area is 188 Å². The number of amides is 2. The molecule has 1 aliphatic rings. The zero-order chi connectivity index (χ0) is 22.6. The van der Waals surface area contributed by atoms with E-state index in [9.17, 15) is 4.79 Å². The fraction of sp³-hybridized carbons (Fsp3) is 0.667. The van der Waals surface area contributed by atoms with Gasteiger partial charge in [0.15, 0.2) is 5.96 Å². The van der Waals surface area contributed by atoms with Crippen molar-refractivity contribution in [3.05, 3.63) is 29.8 Å². The predicted molar refractivity (Wildman–Crippen MR) is 131 cm³/mol. The highest BCUT2D eigenvalue weighted by atomic mass is 16.2. The first kappa shape index (κ1) is 25.0. The standard InChI is InChI=1S/C24H42N6O/c1-6-25-23(26-13-10-16-30(19(2)3)20(4)5)27-18-21-11-9-12-22(17-21)28-24(31)29-14-7-8-15-29/h9,11-12,17,19-20H,6-8,10,13-16,18H2,1-5H3,(H,28,31)(H2,25,26,27). The topological polar surface area (TPSA) is 72.0 Å². The Hall–Kier alpha value is -2.28. The van der Waals surface area contributed by atoms with E-state index in [0.29, 0.717) is 18.6 Å². The summed E-state index contributed by atoms with van der Waals surface area (Å²) in [6.45, 7) is 16.1. The van der Waals surface area contributed by atoms with Crippen molar-refractivity contribution in [2.45, 2.75) is 72.5 Å². The summed E-state index contributed by atoms with van der Waals surface area (Å²) in [6, 6.07) is 9.05. The Morgan fingerprint density at radius 3 is 2.48 bits per heavy atom. The van der Waals surface area contributed by atoms with Crippen LogP contribution in [0, 0.1) is 0 Å². The lowest BCUT2D eigenvalue weighted by atomic mass is 10.2. The molecule has 3 N–H and O–H groups in total. The van der Waals surface area contributed by atoms with Crippen LogP contribution in [0.25, 0.3) is 0 Å². The SMILES string of the molecule is CCNC(=NCc1cccc(NC(=O)N2CCCC2)c1)NCCCN(C(C)C)C(C)C. The summed E-state index contributed by atoms with van der Waals surface area (Å²) >= 11 is 0. The first-order valence-corrected chi connectivity index (χ1v) is 11.8. The van der Waals surface area contributed by atoms with Crippen molar-refractivity contribution in [2.24, 2.45) is 4.99 Å². The van der Waals surface area contributed by atoms with Gasteiger partial charge in [-0.25, -0.2) is 9.79 Å². The van der Waals surface area contributed by atoms with Gasteiger partial charge in [0.2, 0.25) is 0 Å². The first-order chi connectivity index (χ1) is 14.9. The third-order valence-corrected chi connectivity index (χ3v) is 5.55. The lowest BCUT2D eigenvalue weighted by Gasteiger charge is -2.30. The third-order valence-electron chi connectivity index (χ3n) is 5.55. The molecule has 0 aromatic heterocycles. The largest absolute Gasteiger partial charge is 0.357 e. The molecule has 7 heteroatoms. The average molecular weight is 431 g/mol. The van der Waals surface area contributed by atoms with Gasteiger partial charge in [0.25, 0.3) is 0 Å². The second kappa shape index (κ2) is 13.2. The highest BCUT2D eigenvalue weighted by molar-refractivity contribution is 5.89. The van der Waals surface area contributed by atoms with E-state index in [0.717, 1.165) is 69.2 Å². The van der Waals surface area contributed by atoms with Gasteiger partial charge >= 0.3 is 6.03 Å². The predicted octanol–water partition coefficient (Wildman–Crippen LogP) is 3.88. The summed E-state index contributed by atoms with van der Waals surface area (Å²) in [5, 5.41) is 9.77. The maximum absolute atomic E-state index is 12.3. The number of benzene rings is 1. The van der Waals surface area contributed by atoms with E-state index in [1.54, 1.807) is 0 Å². The Bertz CT molecular complexity index is 689. The molecule has 0 spiro atoms. The number of aliphatic imine (C=N–C) groups is 1. The van der Waals surface area contributed by atoms with Crippen LogP contribution in [0.1, 0.15) is 59.4 Å². The molecule has 1 heterocycles. The quantitative estimate of drug-likeness (QED) is 0.299. The summed E-state index contributed by atoms with van der Waals surface area (Å²) in [4.78, 5) is 21.4. The molecule has 31 heavy (non-hydrogen) atoms. The van der Waals surface area contributed by atoms with Gasteiger partial charge in [-0.3, -0.25) is 4.90 Å². The normalized spacial score (nSPS) is 14.6. The summed E-state index contributed by atoms with van der Waals surface area (Å²) < 4.78 is 0. The van der Waals surface area contributed by atoms with Gasteiger partial charge in [-0.1, -0.05) is 12.1 Å². The van der Waals surface area contributed by atoms with Gasteiger partial charge in [0.05, 0.1) is 6.54 Å². The number of carbonyl (C=O) groups is 1. The van der Waals surface area contributed by atoms with E-state index in [2.05, 4.69) is 55.5 Å². The molecule has 0 atom stereocenters. The van der Waals surface area contributed by atoms with Gasteiger partial charge in [0, 0.05) is 50.5 Å². The van der Waals surface area contributed by atoms with Crippen LogP contribution >= 0.6 is 0 Å². The minimum Gasteiger partial charge on any atom is -0.357 e. The number of nitrogens with one attached hydrogen (secondary N) is 3. The van der Waals surface area contributed by atoms with Crippen LogP contribution in [-0.2, 0) is 6.54 Å². The molecular weight excluding hydrogens is 388 g/mol. The average Bonchev–Trinajstić information content (AvgIpc) is 3.26. The molecule has 1 aromatic rings. The van der Waals surface area contributed by atoms with Crippen LogP contribution in [0.4, 0.5) is 10.5 Å². The van der Waals surface area contributed by atoms with Gasteiger partial charge in [0.1, 0.15) is 0 Å². The molecule has 0 saturated carbocycles. The highest BCUT2D eigenvalue weighted by Gasteiger charge is 2.17. The molecule has 1 saturated heterocycles. The Morgan fingerprint density at radius 1 is 1.13 bits per heavy atom. The van der Waals surface area contributed by atoms with Crippen LogP contribution < -0.4 is 16.0 Å². The van der Waals surface area contributed by atoms with Crippen LogP contribution in [0.2, 0.25) is 0 Å². The monoisotopic (exact) mass is 430 g/mol. The van der Waals surface area contributed by atoms with Gasteiger partial charge in [-0.15, -0.1) is 0 Å². The highest BCUT2D eigenvalue weighted by Crippen LogP contribution is 2.14. The summed E-state index contributed by atoms with van der Waals surface area (Å²) in [6.07, 6.45) is 3.25. The van der Waals surface area contributed by atoms with Gasteiger partial charge < -0.3 is 20.9 Å². The lowest BCUT2D eigenvalue weighted by molar-refractivity contribution is 0.173. The third kappa shape index (κ3) is 8.77. The maximum Gasteiger partial charge on any atom is 0.321 e. The minimum absolute atomic E-state index is 0.00926. The Kier molecular flexibility index (Phi) is 10.6. The van der Waals surface area contributed by atoms with Crippen LogP contribution in [0.3, 0.4) is 0 Å². The lowest BCUT2D eigenvalue weighted by Crippen LogP contribution is -2.41. The van der Waals surface area contributed by atoms with Crippen molar-refractivity contribution in [1.82, 2.24) is 20.4 Å². The van der Waals surface area contributed by atoms with Crippen LogP contribution in [0.5, 0.6) is 0 Å². The second-order valence-electron chi connectivity index (χ2n) is 8.73. The smallest absolute Gasteiger partial charge is 0.321 e. The molecule has 0 radical (unpaired) electrons. The Balaban J connectivity index is 1.86. The van der Waals surface area contributed by atoms with E-state index < -0.39 is 0 Å². The van der Waals surface area contributed by atoms with Crippen molar-refractivity contribution < 1.29 is 4.79 Å². The molecule has 0 aliphatic carbocycles. The van der Waals surface area contributed by atoms with E-state index in [1.807, 2.05) is 29.2 Å². The van der Waals surface area contributed by atoms with Crippen LogP contribution in [0.15, 0.2) is 29.3 Å². The fourth-order valence-corrected chi connectivity index (χ4v) is 3.96. The summed E-state index contributed by atoms with van der Waals surface area (Å²) in [5.41, 5.74) is 1.90. The molecule has 1 fully saturated rings. The van der Waals surface area contributed by atoms with Gasteiger partial charge in [-0.05, 0) is 71.6 Å². The van der Waals surface area contributed by atoms with Crippen LogP contribution in [-0.4, -0.2) is 66.6 Å². The molecule has 0 bridgehead atoms. The number of rotatable bonds is 10. The fourth-order valence-electron chi connectivity index (χ4n) is 3.96. The number of guanidine groups is 1. The molecule has 7 nitrogen and oxygen atoms in total. The van der Waals surface area contributed by atoms with E-state index in [-0.39, 0.29) is 6.03 Å². The Morgan fingerprint density at radius 2 is 1.84 bits per heavy atom. The maximum atomic E-state index is 12.3. The molecule has 2 rings (SSSR count). The number of hydrogen-bond donors (Lipinski definition) is 3. The van der Waals surface area contributed by atoms with Crippen molar-refractivity contribution in [3.63, 3.8) is 0 Å². The minimum atomic E-state index is -0.00926. The molecule has 1 aliphatic heterocycles. The number of nitrogens with zero attached hydrogens (tertiary/aromatic N) is 3. The second-order valence-corrected chi connectivity index (χ2v) is 8.73. The zero-order valence-corrected chi connectivity index (χ0v) is 20.1. The number of carbonyl (C=O) groups excluding carboxylic acids is 1. The number of anilines is 1. The van der Waals surface area contributed by atoms with E-state index >= 15 is 0 Å². The molecular formula is C24H42N6O. The number of likely N-dealkylation sites (tertiary alicyclic amines) is 1. The van der Waals surface area contributed by atoms with E-state index in [4.69, 9.17) is 4.99 Å². The van der Waals surface area contributed by atoms with Crippen molar-refractivity contribution in [2.75, 3.05) is 38.0 Å². The zero-order valence-electron chi connectivity index (χ0n) is 20.1. The van der Waals surface area contributed by atoms with E-state index in [1.165, 1.54) is 0 Å². The van der Waals surface area contributed by atoms with Crippen molar-refractivity contribution in [1.29, 1.82) is 0 Å².